The standard InChI is InChI=1S/C13H16N4OS/c1-9(7-12(14)19)16(2)13(18)10-8-15-17-6-4-3-5-11(10)17/h3-6,8-9H,7H2,1-2H3,(H2,14,19). The normalized spacial score (nSPS) is 12.3. The van der Waals surface area contributed by atoms with Crippen molar-refractivity contribution in [1.29, 1.82) is 0 Å². The molecule has 2 N–H and O–H groups in total. The van der Waals surface area contributed by atoms with Crippen molar-refractivity contribution in [1.82, 2.24) is 14.5 Å². The maximum absolute atomic E-state index is 12.4. The van der Waals surface area contributed by atoms with Crippen LogP contribution in [0.5, 0.6) is 0 Å². The number of nitrogens with two attached hydrogens (primary N) is 1. The molecule has 6 heteroatoms. The number of hydrogen-bond donors (Lipinski definition) is 1. The first-order chi connectivity index (χ1) is 9.00. The first kappa shape index (κ1) is 13.5. The highest BCUT2D eigenvalue weighted by Crippen LogP contribution is 2.14. The van der Waals surface area contributed by atoms with E-state index in [-0.39, 0.29) is 11.9 Å². The van der Waals surface area contributed by atoms with Crippen LogP contribution in [0.4, 0.5) is 0 Å². The van der Waals surface area contributed by atoms with Gasteiger partial charge < -0.3 is 10.6 Å². The summed E-state index contributed by atoms with van der Waals surface area (Å²) < 4.78 is 1.68. The van der Waals surface area contributed by atoms with Gasteiger partial charge in [0.2, 0.25) is 0 Å². The Morgan fingerprint density at radius 1 is 1.58 bits per heavy atom. The van der Waals surface area contributed by atoms with E-state index < -0.39 is 0 Å². The molecule has 2 aromatic heterocycles. The van der Waals surface area contributed by atoms with Gasteiger partial charge in [-0.05, 0) is 19.1 Å². The molecular weight excluding hydrogens is 260 g/mol. The summed E-state index contributed by atoms with van der Waals surface area (Å²) in [7, 11) is 1.75. The van der Waals surface area contributed by atoms with Gasteiger partial charge in [0, 0.05) is 25.7 Å². The molecule has 5 nitrogen and oxygen atoms in total. The highest BCUT2D eigenvalue weighted by molar-refractivity contribution is 7.80. The fraction of sp³-hybridized carbons (Fsp3) is 0.308. The molecular formula is C13H16N4OS. The van der Waals surface area contributed by atoms with E-state index in [2.05, 4.69) is 5.10 Å². The second-order valence-corrected chi connectivity index (χ2v) is 5.05. The number of rotatable bonds is 4. The Balaban J connectivity index is 2.26. The molecule has 2 heterocycles. The van der Waals surface area contributed by atoms with E-state index in [9.17, 15) is 4.79 Å². The summed E-state index contributed by atoms with van der Waals surface area (Å²) in [6.07, 6.45) is 3.91. The summed E-state index contributed by atoms with van der Waals surface area (Å²) in [6.45, 7) is 1.92. The van der Waals surface area contributed by atoms with Crippen LogP contribution in [0.25, 0.3) is 5.52 Å². The molecule has 0 saturated carbocycles. The molecule has 0 aliphatic heterocycles. The van der Waals surface area contributed by atoms with Crippen LogP contribution in [0.1, 0.15) is 23.7 Å². The van der Waals surface area contributed by atoms with Crippen molar-refractivity contribution in [2.75, 3.05) is 7.05 Å². The van der Waals surface area contributed by atoms with Crippen LogP contribution in [0, 0.1) is 0 Å². The van der Waals surface area contributed by atoms with Crippen LogP contribution in [-0.2, 0) is 0 Å². The molecule has 1 amide bonds. The molecule has 0 aliphatic carbocycles. The van der Waals surface area contributed by atoms with Gasteiger partial charge >= 0.3 is 0 Å². The van der Waals surface area contributed by atoms with Gasteiger partial charge in [0.05, 0.1) is 22.3 Å². The van der Waals surface area contributed by atoms with Crippen LogP contribution in [0.3, 0.4) is 0 Å². The number of aromatic nitrogens is 2. The lowest BCUT2D eigenvalue weighted by Crippen LogP contribution is -2.37. The lowest BCUT2D eigenvalue weighted by atomic mass is 10.1. The lowest BCUT2D eigenvalue weighted by Gasteiger charge is -2.24. The zero-order valence-electron chi connectivity index (χ0n) is 10.9. The number of amides is 1. The third kappa shape index (κ3) is 2.73. The van der Waals surface area contributed by atoms with E-state index in [0.29, 0.717) is 17.0 Å². The van der Waals surface area contributed by atoms with Gasteiger partial charge in [-0.25, -0.2) is 4.52 Å². The third-order valence-corrected chi connectivity index (χ3v) is 3.30. The summed E-state index contributed by atoms with van der Waals surface area (Å²) in [5, 5.41) is 4.16. The highest BCUT2D eigenvalue weighted by atomic mass is 32.1. The van der Waals surface area contributed by atoms with E-state index >= 15 is 0 Å². The van der Waals surface area contributed by atoms with Gasteiger partial charge in [-0.1, -0.05) is 18.3 Å². The Bertz CT molecular complexity index is 622. The topological polar surface area (TPSA) is 63.6 Å². The molecule has 2 aromatic rings. The zero-order valence-corrected chi connectivity index (χ0v) is 11.7. The third-order valence-electron chi connectivity index (χ3n) is 3.13. The zero-order chi connectivity index (χ0) is 14.0. The van der Waals surface area contributed by atoms with Crippen LogP contribution in [0.2, 0.25) is 0 Å². The number of fused-ring (bicyclic) bond motifs is 1. The molecule has 1 unspecified atom stereocenters. The summed E-state index contributed by atoms with van der Waals surface area (Å²) in [6, 6.07) is 5.58. The summed E-state index contributed by atoms with van der Waals surface area (Å²) >= 11 is 4.88. The van der Waals surface area contributed by atoms with E-state index in [1.807, 2.05) is 31.3 Å². The van der Waals surface area contributed by atoms with Gasteiger partial charge in [0.15, 0.2) is 0 Å². The summed E-state index contributed by atoms with van der Waals surface area (Å²) in [5.74, 6) is -0.0787. The summed E-state index contributed by atoms with van der Waals surface area (Å²) in [4.78, 5) is 14.5. The molecule has 0 bridgehead atoms. The van der Waals surface area contributed by atoms with Crippen molar-refractivity contribution in [3.8, 4) is 0 Å². The van der Waals surface area contributed by atoms with Crippen LogP contribution >= 0.6 is 12.2 Å². The van der Waals surface area contributed by atoms with Crippen molar-refractivity contribution < 1.29 is 4.79 Å². The monoisotopic (exact) mass is 276 g/mol. The molecule has 0 fully saturated rings. The lowest BCUT2D eigenvalue weighted by molar-refractivity contribution is 0.0750. The van der Waals surface area contributed by atoms with Gasteiger partial charge in [-0.3, -0.25) is 4.79 Å². The number of carbonyl (C=O) groups is 1. The number of thiocarbonyl (C=S) groups is 1. The van der Waals surface area contributed by atoms with E-state index in [4.69, 9.17) is 18.0 Å². The Morgan fingerprint density at radius 2 is 2.32 bits per heavy atom. The molecule has 0 saturated heterocycles. The number of hydrogen-bond acceptors (Lipinski definition) is 3. The molecule has 0 spiro atoms. The minimum absolute atomic E-state index is 0.0383. The predicted octanol–water partition coefficient (Wildman–Crippen LogP) is 1.47. The van der Waals surface area contributed by atoms with Gasteiger partial charge in [0.1, 0.15) is 0 Å². The molecule has 19 heavy (non-hydrogen) atoms. The van der Waals surface area contributed by atoms with E-state index in [0.717, 1.165) is 5.52 Å². The Labute approximate surface area is 117 Å². The molecule has 100 valence electrons. The smallest absolute Gasteiger partial charge is 0.257 e. The quantitative estimate of drug-likeness (QED) is 0.859. The second-order valence-electron chi connectivity index (χ2n) is 4.52. The van der Waals surface area contributed by atoms with E-state index in [1.54, 1.807) is 22.7 Å². The van der Waals surface area contributed by atoms with Crippen LogP contribution in [0.15, 0.2) is 30.6 Å². The van der Waals surface area contributed by atoms with Crippen LogP contribution in [-0.4, -0.2) is 38.5 Å². The first-order valence-electron chi connectivity index (χ1n) is 5.98. The Kier molecular flexibility index (Phi) is 3.80. The average molecular weight is 276 g/mol. The maximum atomic E-state index is 12.4. The van der Waals surface area contributed by atoms with Crippen molar-refractivity contribution in [2.45, 2.75) is 19.4 Å². The second kappa shape index (κ2) is 5.36. The maximum Gasteiger partial charge on any atom is 0.257 e. The highest BCUT2D eigenvalue weighted by Gasteiger charge is 2.21. The Morgan fingerprint density at radius 3 is 3.00 bits per heavy atom. The van der Waals surface area contributed by atoms with Gasteiger partial charge in [-0.15, -0.1) is 0 Å². The van der Waals surface area contributed by atoms with Crippen molar-refractivity contribution in [3.63, 3.8) is 0 Å². The van der Waals surface area contributed by atoms with Gasteiger partial charge in [0.25, 0.3) is 5.91 Å². The van der Waals surface area contributed by atoms with Crippen molar-refractivity contribution >= 4 is 28.6 Å². The van der Waals surface area contributed by atoms with Crippen molar-refractivity contribution in [2.24, 2.45) is 5.73 Å². The predicted molar refractivity (Wildman–Crippen MR) is 78.1 cm³/mol. The first-order valence-corrected chi connectivity index (χ1v) is 6.39. The van der Waals surface area contributed by atoms with Crippen molar-refractivity contribution in [3.05, 3.63) is 36.2 Å². The molecule has 0 aliphatic rings. The largest absolute Gasteiger partial charge is 0.393 e. The summed E-state index contributed by atoms with van der Waals surface area (Å²) in [5.41, 5.74) is 6.89. The molecule has 0 aromatic carbocycles. The minimum Gasteiger partial charge on any atom is -0.393 e. The minimum atomic E-state index is -0.0787. The van der Waals surface area contributed by atoms with E-state index in [1.165, 1.54) is 0 Å². The fourth-order valence-corrected chi connectivity index (χ4v) is 2.16. The van der Waals surface area contributed by atoms with Gasteiger partial charge in [-0.2, -0.15) is 5.10 Å². The molecule has 2 rings (SSSR count). The molecule has 0 radical (unpaired) electrons. The van der Waals surface area contributed by atoms with Crippen LogP contribution < -0.4 is 5.73 Å². The Hall–Kier alpha value is -1.95. The SMILES string of the molecule is CC(CC(N)=S)N(C)C(=O)c1cnn2ccccc12. The average Bonchev–Trinajstić information content (AvgIpc) is 2.80. The fourth-order valence-electron chi connectivity index (χ4n) is 1.92. The number of pyridine rings is 1. The number of nitrogens with zero attached hydrogens (tertiary/aromatic N) is 3. The molecule has 1 atom stereocenters. The number of carbonyl (C=O) groups excluding carboxylic acids is 1.